The second-order valence-corrected chi connectivity index (χ2v) is 8.72. The van der Waals surface area contributed by atoms with Gasteiger partial charge in [0.2, 0.25) is 0 Å². The van der Waals surface area contributed by atoms with Gasteiger partial charge in [-0.15, -0.1) is 0 Å². The highest BCUT2D eigenvalue weighted by Crippen LogP contribution is 2.36. The van der Waals surface area contributed by atoms with Crippen molar-refractivity contribution in [3.05, 3.63) is 0 Å². The summed E-state index contributed by atoms with van der Waals surface area (Å²) >= 11 is 0. The molecule has 0 aromatic carbocycles. The van der Waals surface area contributed by atoms with Crippen LogP contribution in [0.25, 0.3) is 0 Å². The Morgan fingerprint density at radius 3 is 1.52 bits per heavy atom. The highest BCUT2D eigenvalue weighted by Gasteiger charge is 2.26. The van der Waals surface area contributed by atoms with E-state index in [9.17, 15) is 0 Å². The first-order valence-corrected chi connectivity index (χ1v) is 10.8. The summed E-state index contributed by atoms with van der Waals surface area (Å²) in [5.41, 5.74) is 0. The van der Waals surface area contributed by atoms with Crippen LogP contribution in [-0.4, -0.2) is 0 Å². The average molecular weight is 325 g/mol. The van der Waals surface area contributed by atoms with Gasteiger partial charge in [0.25, 0.3) is 0 Å². The van der Waals surface area contributed by atoms with E-state index in [1.807, 2.05) is 0 Å². The summed E-state index contributed by atoms with van der Waals surface area (Å²) in [5.74, 6) is 6.24. The lowest BCUT2D eigenvalue weighted by molar-refractivity contribution is 0.160. The molecular weight excluding hydrogens is 276 g/mol. The quantitative estimate of drug-likeness (QED) is 0.320. The highest BCUT2D eigenvalue weighted by atomic mass is 14.3. The van der Waals surface area contributed by atoms with Crippen LogP contribution < -0.4 is 0 Å². The van der Waals surface area contributed by atoms with Crippen LogP contribution in [0.5, 0.6) is 0 Å². The van der Waals surface area contributed by atoms with Gasteiger partial charge in [0.15, 0.2) is 0 Å². The van der Waals surface area contributed by atoms with E-state index in [1.54, 1.807) is 0 Å². The van der Waals surface area contributed by atoms with Crippen LogP contribution in [0.3, 0.4) is 0 Å². The number of hydrogen-bond donors (Lipinski definition) is 0. The van der Waals surface area contributed by atoms with E-state index < -0.39 is 0 Å². The van der Waals surface area contributed by atoms with Crippen molar-refractivity contribution in [2.24, 2.45) is 41.4 Å². The van der Waals surface area contributed by atoms with Crippen molar-refractivity contribution < 1.29 is 0 Å². The van der Waals surface area contributed by atoms with Crippen LogP contribution in [0, 0.1) is 41.4 Å². The van der Waals surface area contributed by atoms with E-state index in [1.165, 1.54) is 44.9 Å². The molecule has 7 unspecified atom stereocenters. The van der Waals surface area contributed by atoms with Crippen molar-refractivity contribution in [3.8, 4) is 0 Å². The van der Waals surface area contributed by atoms with E-state index in [2.05, 4.69) is 62.3 Å². The monoisotopic (exact) mass is 324 g/mol. The molecule has 0 bridgehead atoms. The molecule has 0 aliphatic heterocycles. The molecule has 0 saturated carbocycles. The molecule has 23 heavy (non-hydrogen) atoms. The van der Waals surface area contributed by atoms with Gasteiger partial charge in [-0.25, -0.2) is 0 Å². The molecule has 140 valence electrons. The van der Waals surface area contributed by atoms with E-state index in [0.717, 1.165) is 41.4 Å². The molecule has 0 aromatic rings. The van der Waals surface area contributed by atoms with Gasteiger partial charge in [0.1, 0.15) is 0 Å². The molecular formula is C23H48. The maximum atomic E-state index is 2.53. The fraction of sp³-hybridized carbons (Fsp3) is 1.00. The van der Waals surface area contributed by atoms with Gasteiger partial charge in [0, 0.05) is 0 Å². The Morgan fingerprint density at radius 1 is 0.522 bits per heavy atom. The van der Waals surface area contributed by atoms with Crippen LogP contribution in [0.1, 0.15) is 107 Å². The Hall–Kier alpha value is 0. The predicted octanol–water partition coefficient (Wildman–Crippen LogP) is 8.21. The summed E-state index contributed by atoms with van der Waals surface area (Å²) in [4.78, 5) is 0. The summed E-state index contributed by atoms with van der Waals surface area (Å²) in [6, 6.07) is 0. The van der Waals surface area contributed by atoms with E-state index in [4.69, 9.17) is 0 Å². The Balaban J connectivity index is 4.55. The molecule has 0 radical (unpaired) electrons. The predicted molar refractivity (Wildman–Crippen MR) is 108 cm³/mol. The molecule has 0 heteroatoms. The normalized spacial score (nSPS) is 21.3. The first kappa shape index (κ1) is 23.0. The lowest BCUT2D eigenvalue weighted by Crippen LogP contribution is -2.25. The number of rotatable bonds is 13. The van der Waals surface area contributed by atoms with Crippen LogP contribution in [0.4, 0.5) is 0 Å². The van der Waals surface area contributed by atoms with Gasteiger partial charge < -0.3 is 0 Å². The molecule has 0 rings (SSSR count). The zero-order chi connectivity index (χ0) is 18.0. The average Bonchev–Trinajstić information content (AvgIpc) is 2.58. The zero-order valence-electron chi connectivity index (χ0n) is 18.0. The van der Waals surface area contributed by atoms with Crippen LogP contribution in [0.2, 0.25) is 0 Å². The third-order valence-corrected chi connectivity index (χ3v) is 7.50. The minimum Gasteiger partial charge on any atom is -0.0651 e. The van der Waals surface area contributed by atoms with Gasteiger partial charge in [-0.2, -0.15) is 0 Å². The summed E-state index contributed by atoms with van der Waals surface area (Å²) in [6.07, 6.45) is 9.72. The summed E-state index contributed by atoms with van der Waals surface area (Å²) in [5, 5.41) is 0. The molecule has 0 nitrogen and oxygen atoms in total. The summed E-state index contributed by atoms with van der Waals surface area (Å²) < 4.78 is 0. The van der Waals surface area contributed by atoms with Crippen LogP contribution in [0.15, 0.2) is 0 Å². The van der Waals surface area contributed by atoms with Gasteiger partial charge in [0.05, 0.1) is 0 Å². The van der Waals surface area contributed by atoms with Crippen LogP contribution in [-0.2, 0) is 0 Å². The van der Waals surface area contributed by atoms with Crippen molar-refractivity contribution in [1.82, 2.24) is 0 Å². The Morgan fingerprint density at radius 2 is 1.09 bits per heavy atom. The molecule has 0 aliphatic carbocycles. The van der Waals surface area contributed by atoms with E-state index in [-0.39, 0.29) is 0 Å². The molecule has 0 heterocycles. The van der Waals surface area contributed by atoms with Crippen molar-refractivity contribution in [3.63, 3.8) is 0 Å². The lowest BCUT2D eigenvalue weighted by Gasteiger charge is -2.34. The van der Waals surface area contributed by atoms with E-state index in [0.29, 0.717) is 0 Å². The second-order valence-electron chi connectivity index (χ2n) is 8.72. The molecule has 0 spiro atoms. The molecule has 0 amide bonds. The molecule has 0 aliphatic rings. The highest BCUT2D eigenvalue weighted by molar-refractivity contribution is 4.77. The van der Waals surface area contributed by atoms with Crippen molar-refractivity contribution in [1.29, 1.82) is 0 Å². The van der Waals surface area contributed by atoms with Crippen molar-refractivity contribution in [2.75, 3.05) is 0 Å². The minimum absolute atomic E-state index is 0.862. The molecule has 7 atom stereocenters. The first-order chi connectivity index (χ1) is 10.8. The zero-order valence-corrected chi connectivity index (χ0v) is 18.0. The SMILES string of the molecule is CCC(CCC(C)C(C)CC)CC(CC)C(C)C(C)C(C)CC. The third-order valence-electron chi connectivity index (χ3n) is 7.50. The first-order valence-electron chi connectivity index (χ1n) is 10.8. The molecule has 0 fully saturated rings. The second kappa shape index (κ2) is 12.4. The Labute approximate surface area is 149 Å². The fourth-order valence-electron chi connectivity index (χ4n) is 4.17. The minimum atomic E-state index is 0.862. The van der Waals surface area contributed by atoms with Crippen molar-refractivity contribution >= 4 is 0 Å². The van der Waals surface area contributed by atoms with Crippen molar-refractivity contribution in [2.45, 2.75) is 107 Å². The maximum absolute atomic E-state index is 2.53. The molecule has 0 saturated heterocycles. The van der Waals surface area contributed by atoms with Gasteiger partial charge in [-0.05, 0) is 47.8 Å². The largest absolute Gasteiger partial charge is 0.0651 e. The van der Waals surface area contributed by atoms with Crippen LogP contribution >= 0.6 is 0 Å². The summed E-state index contributed by atoms with van der Waals surface area (Å²) in [6.45, 7) is 21.9. The third kappa shape index (κ3) is 8.08. The molecule has 0 N–H and O–H groups in total. The molecule has 0 aromatic heterocycles. The maximum Gasteiger partial charge on any atom is -0.0386 e. The van der Waals surface area contributed by atoms with Gasteiger partial charge in [-0.1, -0.05) is 101 Å². The summed E-state index contributed by atoms with van der Waals surface area (Å²) in [7, 11) is 0. The smallest absolute Gasteiger partial charge is 0.0386 e. The number of hydrogen-bond acceptors (Lipinski definition) is 0. The van der Waals surface area contributed by atoms with Gasteiger partial charge >= 0.3 is 0 Å². The fourth-order valence-corrected chi connectivity index (χ4v) is 4.17. The van der Waals surface area contributed by atoms with E-state index >= 15 is 0 Å². The lowest BCUT2D eigenvalue weighted by atomic mass is 9.72. The topological polar surface area (TPSA) is 0 Å². The van der Waals surface area contributed by atoms with Gasteiger partial charge in [-0.3, -0.25) is 0 Å². The Kier molecular flexibility index (Phi) is 12.4. The Bertz CT molecular complexity index is 269. The standard InChI is InChI=1S/C23H48/c1-10-17(5)19(7)14-15-22(12-3)16-23(13-4)21(9)20(8)18(6)11-2/h17-23H,10-16H2,1-9H3.